The van der Waals surface area contributed by atoms with Crippen LogP contribution in [0.15, 0.2) is 67.1 Å². The lowest BCUT2D eigenvalue weighted by molar-refractivity contribution is 0.859. The molecule has 0 aliphatic carbocycles. The van der Waals surface area contributed by atoms with E-state index in [0.717, 1.165) is 28.2 Å². The summed E-state index contributed by atoms with van der Waals surface area (Å²) in [5.41, 5.74) is 4.50. The minimum atomic E-state index is 0.771. The molecule has 21 heavy (non-hydrogen) atoms. The zero-order chi connectivity index (χ0) is 14.1. The van der Waals surface area contributed by atoms with Crippen molar-refractivity contribution in [3.63, 3.8) is 0 Å². The molecular weight excluding hydrogens is 262 g/mol. The minimum absolute atomic E-state index is 0.771. The average Bonchev–Trinajstić information content (AvgIpc) is 3.00. The molecule has 0 amide bonds. The second-order valence-corrected chi connectivity index (χ2v) is 4.60. The van der Waals surface area contributed by atoms with Crippen LogP contribution in [-0.4, -0.2) is 24.8 Å². The minimum Gasteiger partial charge on any atom is -0.261 e. The van der Waals surface area contributed by atoms with Gasteiger partial charge in [0.1, 0.15) is 11.4 Å². The van der Waals surface area contributed by atoms with Crippen molar-refractivity contribution in [2.45, 2.75) is 0 Å². The van der Waals surface area contributed by atoms with Crippen molar-refractivity contribution >= 4 is 5.52 Å². The first-order valence-electron chi connectivity index (χ1n) is 6.60. The van der Waals surface area contributed by atoms with Crippen molar-refractivity contribution in [1.29, 1.82) is 0 Å². The Morgan fingerprint density at radius 2 is 1.76 bits per heavy atom. The predicted molar refractivity (Wildman–Crippen MR) is 79.4 cm³/mol. The summed E-state index contributed by atoms with van der Waals surface area (Å²) >= 11 is 0. The van der Waals surface area contributed by atoms with Crippen LogP contribution in [0.5, 0.6) is 0 Å². The predicted octanol–water partition coefficient (Wildman–Crippen LogP) is 2.85. The Hall–Kier alpha value is -3.08. The number of benzene rings is 1. The van der Waals surface area contributed by atoms with Crippen molar-refractivity contribution in [3.8, 4) is 22.6 Å². The number of pyridine rings is 1. The second kappa shape index (κ2) is 4.79. The number of aromatic nitrogens is 5. The molecule has 0 spiro atoms. The molecule has 1 aromatic carbocycles. The first kappa shape index (κ1) is 11.7. The smallest absolute Gasteiger partial charge is 0.120 e. The van der Waals surface area contributed by atoms with E-state index in [-0.39, 0.29) is 0 Å². The Morgan fingerprint density at radius 3 is 2.57 bits per heavy atom. The molecule has 0 N–H and O–H groups in total. The molecule has 0 aliphatic heterocycles. The maximum Gasteiger partial charge on any atom is 0.120 e. The standard InChI is InChI=1S/C16H11N5/c1-2-5-12(6-3-1)16-15-8-4-7-14(21(15)20-19-16)13-11-17-9-10-18-13/h1-11H. The van der Waals surface area contributed by atoms with Gasteiger partial charge >= 0.3 is 0 Å². The lowest BCUT2D eigenvalue weighted by atomic mass is 10.1. The number of nitrogens with zero attached hydrogens (tertiary/aromatic N) is 5. The monoisotopic (exact) mass is 273 g/mol. The molecule has 0 atom stereocenters. The Labute approximate surface area is 120 Å². The summed E-state index contributed by atoms with van der Waals surface area (Å²) in [5.74, 6) is 0. The fourth-order valence-electron chi connectivity index (χ4n) is 2.34. The third-order valence-electron chi connectivity index (χ3n) is 3.31. The van der Waals surface area contributed by atoms with Crippen molar-refractivity contribution in [2.75, 3.05) is 0 Å². The van der Waals surface area contributed by atoms with E-state index in [4.69, 9.17) is 0 Å². The number of hydrogen-bond donors (Lipinski definition) is 0. The van der Waals surface area contributed by atoms with E-state index in [2.05, 4.69) is 20.3 Å². The second-order valence-electron chi connectivity index (χ2n) is 4.60. The van der Waals surface area contributed by atoms with Crippen LogP contribution < -0.4 is 0 Å². The van der Waals surface area contributed by atoms with E-state index < -0.39 is 0 Å². The largest absolute Gasteiger partial charge is 0.261 e. The highest BCUT2D eigenvalue weighted by Crippen LogP contribution is 2.25. The van der Waals surface area contributed by atoms with Crippen molar-refractivity contribution in [2.24, 2.45) is 0 Å². The van der Waals surface area contributed by atoms with Gasteiger partial charge in [0.25, 0.3) is 0 Å². The van der Waals surface area contributed by atoms with E-state index in [1.165, 1.54) is 0 Å². The fraction of sp³-hybridized carbons (Fsp3) is 0. The van der Waals surface area contributed by atoms with Crippen LogP contribution in [-0.2, 0) is 0 Å². The SMILES string of the molecule is c1ccc(-c2nnn3c(-c4cnccn4)cccc23)cc1. The molecule has 3 heterocycles. The van der Waals surface area contributed by atoms with E-state index in [9.17, 15) is 0 Å². The summed E-state index contributed by atoms with van der Waals surface area (Å²) in [5, 5.41) is 8.59. The third kappa shape index (κ3) is 1.95. The Morgan fingerprint density at radius 1 is 0.857 bits per heavy atom. The zero-order valence-corrected chi connectivity index (χ0v) is 11.1. The summed E-state index contributed by atoms with van der Waals surface area (Å²) in [4.78, 5) is 8.44. The van der Waals surface area contributed by atoms with Crippen molar-refractivity contribution in [1.82, 2.24) is 24.8 Å². The summed E-state index contributed by atoms with van der Waals surface area (Å²) in [7, 11) is 0. The highest BCUT2D eigenvalue weighted by Gasteiger charge is 2.12. The highest BCUT2D eigenvalue weighted by molar-refractivity contribution is 5.78. The molecule has 0 saturated heterocycles. The highest BCUT2D eigenvalue weighted by atomic mass is 15.4. The first-order valence-corrected chi connectivity index (χ1v) is 6.60. The van der Waals surface area contributed by atoms with Gasteiger partial charge in [-0.2, -0.15) is 0 Å². The molecule has 0 bridgehead atoms. The lowest BCUT2D eigenvalue weighted by Gasteiger charge is -2.03. The quantitative estimate of drug-likeness (QED) is 0.563. The van der Waals surface area contributed by atoms with E-state index in [0.29, 0.717) is 0 Å². The van der Waals surface area contributed by atoms with Gasteiger partial charge in [-0.15, -0.1) is 5.10 Å². The van der Waals surface area contributed by atoms with Crippen LogP contribution in [0.2, 0.25) is 0 Å². The molecule has 5 heteroatoms. The normalized spacial score (nSPS) is 10.9. The molecule has 4 rings (SSSR count). The zero-order valence-electron chi connectivity index (χ0n) is 11.1. The molecule has 0 aliphatic rings. The van der Waals surface area contributed by atoms with Gasteiger partial charge in [-0.1, -0.05) is 41.6 Å². The first-order chi connectivity index (χ1) is 10.4. The molecule has 0 fully saturated rings. The van der Waals surface area contributed by atoms with E-state index in [1.54, 1.807) is 23.1 Å². The van der Waals surface area contributed by atoms with Crippen LogP contribution in [0.4, 0.5) is 0 Å². The average molecular weight is 273 g/mol. The third-order valence-corrected chi connectivity index (χ3v) is 3.31. The van der Waals surface area contributed by atoms with Gasteiger partial charge in [0.15, 0.2) is 0 Å². The van der Waals surface area contributed by atoms with E-state index in [1.807, 2.05) is 48.5 Å². The molecule has 5 nitrogen and oxygen atoms in total. The molecule has 4 aromatic rings. The fourth-order valence-corrected chi connectivity index (χ4v) is 2.34. The summed E-state index contributed by atoms with van der Waals surface area (Å²) < 4.78 is 1.80. The molecule has 100 valence electrons. The van der Waals surface area contributed by atoms with Gasteiger partial charge in [-0.05, 0) is 12.1 Å². The molecule has 0 unspecified atom stereocenters. The summed E-state index contributed by atoms with van der Waals surface area (Å²) in [6.45, 7) is 0. The Balaban J connectivity index is 1.96. The van der Waals surface area contributed by atoms with Crippen molar-refractivity contribution < 1.29 is 0 Å². The van der Waals surface area contributed by atoms with Crippen LogP contribution in [0.25, 0.3) is 28.2 Å². The van der Waals surface area contributed by atoms with Gasteiger partial charge in [0.2, 0.25) is 0 Å². The maximum atomic E-state index is 4.33. The van der Waals surface area contributed by atoms with Crippen LogP contribution in [0.1, 0.15) is 0 Å². The van der Waals surface area contributed by atoms with Crippen LogP contribution in [0.3, 0.4) is 0 Å². The lowest BCUT2D eigenvalue weighted by Crippen LogP contribution is -1.95. The van der Waals surface area contributed by atoms with Gasteiger partial charge in [0.05, 0.1) is 17.4 Å². The Kier molecular flexibility index (Phi) is 2.67. The van der Waals surface area contributed by atoms with Gasteiger partial charge in [-0.3, -0.25) is 9.97 Å². The van der Waals surface area contributed by atoms with Crippen LogP contribution >= 0.6 is 0 Å². The summed E-state index contributed by atoms with van der Waals surface area (Å²) in [6, 6.07) is 16.0. The summed E-state index contributed by atoms with van der Waals surface area (Å²) in [6.07, 6.45) is 5.04. The van der Waals surface area contributed by atoms with Crippen LogP contribution in [0, 0.1) is 0 Å². The number of rotatable bonds is 2. The number of fused-ring (bicyclic) bond motifs is 1. The molecule has 3 aromatic heterocycles. The number of hydrogen-bond acceptors (Lipinski definition) is 4. The van der Waals surface area contributed by atoms with Gasteiger partial charge in [0, 0.05) is 18.0 Å². The van der Waals surface area contributed by atoms with Gasteiger partial charge in [-0.25, -0.2) is 4.52 Å². The Bertz CT molecular complexity index is 884. The van der Waals surface area contributed by atoms with E-state index >= 15 is 0 Å². The topological polar surface area (TPSA) is 56.0 Å². The molecule has 0 radical (unpaired) electrons. The molecular formula is C16H11N5. The van der Waals surface area contributed by atoms with Gasteiger partial charge < -0.3 is 0 Å². The molecule has 0 saturated carbocycles. The van der Waals surface area contributed by atoms with Crippen molar-refractivity contribution in [3.05, 3.63) is 67.1 Å². The maximum absolute atomic E-state index is 4.33.